The summed E-state index contributed by atoms with van der Waals surface area (Å²) < 4.78 is 28.3. The highest BCUT2D eigenvalue weighted by atomic mass is 32.2. The Labute approximate surface area is 216 Å². The molecule has 0 saturated heterocycles. The maximum atomic E-state index is 14.0. The largest absolute Gasteiger partial charge is 0.592 e. The van der Waals surface area contributed by atoms with E-state index in [0.717, 1.165) is 5.56 Å². The van der Waals surface area contributed by atoms with E-state index in [-0.39, 0.29) is 23.5 Å². The molecule has 7 nitrogen and oxygen atoms in total. The number of carbonyl (C=O) groups excluding carboxylic acids is 2. The third-order valence-corrected chi connectivity index (χ3v) is 7.82. The molecular formula is C26H27FN4O3S2. The van der Waals surface area contributed by atoms with Crippen molar-refractivity contribution < 1.29 is 18.5 Å². The number of hydrogen-bond acceptors (Lipinski definition) is 5. The molecular weight excluding hydrogens is 499 g/mol. The van der Waals surface area contributed by atoms with Gasteiger partial charge < -0.3 is 15.2 Å². The Bertz CT molecular complexity index is 1410. The molecule has 0 aliphatic rings. The minimum Gasteiger partial charge on any atom is -0.592 e. The molecule has 4 aromatic rings. The first-order chi connectivity index (χ1) is 17.1. The van der Waals surface area contributed by atoms with Gasteiger partial charge in [0.05, 0.1) is 40.9 Å². The predicted octanol–water partition coefficient (Wildman–Crippen LogP) is 5.32. The first-order valence-corrected chi connectivity index (χ1v) is 13.5. The number of benzene rings is 2. The molecule has 2 aromatic heterocycles. The van der Waals surface area contributed by atoms with Crippen molar-refractivity contribution in [3.8, 4) is 11.3 Å². The molecule has 10 heteroatoms. The standard InChI is InChI=1S/C26H27FN4O3S2/c1-15(2)17-9-18(11-19(27)10-17)22-14-35-26(29-22)30-24(32)12-28-25(33)21-13-31(36(34)16(3)4)23-8-6-5-7-20(21)23/h5-11,13-16H,12H2,1-4H3,(H,28,33)(H,29,30,32). The van der Waals surface area contributed by atoms with E-state index >= 15 is 0 Å². The van der Waals surface area contributed by atoms with E-state index in [9.17, 15) is 18.5 Å². The summed E-state index contributed by atoms with van der Waals surface area (Å²) >= 11 is -0.118. The van der Waals surface area contributed by atoms with Crippen LogP contribution in [0, 0.1) is 5.82 Å². The number of fused-ring (bicyclic) bond motifs is 1. The number of nitrogens with zero attached hydrogens (tertiary/aromatic N) is 2. The Morgan fingerprint density at radius 1 is 1.17 bits per heavy atom. The van der Waals surface area contributed by atoms with Gasteiger partial charge in [-0.25, -0.2) is 9.37 Å². The molecule has 0 spiro atoms. The number of thiazole rings is 1. The first kappa shape index (κ1) is 25.9. The number of carbonyl (C=O) groups is 2. The van der Waals surface area contributed by atoms with Crippen LogP contribution in [-0.4, -0.2) is 37.1 Å². The Balaban J connectivity index is 1.43. The lowest BCUT2D eigenvalue weighted by Crippen LogP contribution is -2.32. The van der Waals surface area contributed by atoms with Crippen LogP contribution in [0.1, 0.15) is 49.5 Å². The van der Waals surface area contributed by atoms with Gasteiger partial charge in [0.2, 0.25) is 5.91 Å². The van der Waals surface area contributed by atoms with Crippen LogP contribution in [-0.2, 0) is 16.2 Å². The van der Waals surface area contributed by atoms with Crippen LogP contribution < -0.4 is 10.6 Å². The predicted molar refractivity (Wildman–Crippen MR) is 143 cm³/mol. The molecule has 2 aromatic carbocycles. The molecule has 4 rings (SSSR count). The van der Waals surface area contributed by atoms with Gasteiger partial charge in [0.25, 0.3) is 5.91 Å². The molecule has 0 bridgehead atoms. The number of anilines is 1. The summed E-state index contributed by atoms with van der Waals surface area (Å²) in [6.45, 7) is 7.40. The van der Waals surface area contributed by atoms with Crippen molar-refractivity contribution in [2.24, 2.45) is 0 Å². The molecule has 2 heterocycles. The van der Waals surface area contributed by atoms with Gasteiger partial charge in [-0.15, -0.1) is 11.3 Å². The SMILES string of the molecule is CC(C)c1cc(F)cc(-c2csc(NC(=O)CNC(=O)c3cn([S+]([O-])C(C)C)c4ccccc34)n2)c1. The van der Waals surface area contributed by atoms with E-state index in [2.05, 4.69) is 15.6 Å². The van der Waals surface area contributed by atoms with Crippen LogP contribution in [0.15, 0.2) is 54.0 Å². The van der Waals surface area contributed by atoms with E-state index in [1.807, 2.05) is 45.9 Å². The normalized spacial score (nSPS) is 12.3. The van der Waals surface area contributed by atoms with E-state index in [0.29, 0.717) is 32.9 Å². The van der Waals surface area contributed by atoms with Gasteiger partial charge in [-0.2, -0.15) is 3.97 Å². The van der Waals surface area contributed by atoms with Gasteiger partial charge in [0.15, 0.2) is 5.13 Å². The zero-order chi connectivity index (χ0) is 26.0. The Morgan fingerprint density at radius 3 is 2.64 bits per heavy atom. The second-order valence-corrected chi connectivity index (χ2v) is 11.7. The van der Waals surface area contributed by atoms with Crippen LogP contribution in [0.5, 0.6) is 0 Å². The maximum absolute atomic E-state index is 14.0. The third-order valence-electron chi connectivity index (χ3n) is 5.56. The van der Waals surface area contributed by atoms with Gasteiger partial charge in [-0.05, 0) is 49.6 Å². The molecule has 0 fully saturated rings. The highest BCUT2D eigenvalue weighted by Crippen LogP contribution is 2.29. The monoisotopic (exact) mass is 526 g/mol. The quantitative estimate of drug-likeness (QED) is 0.304. The van der Waals surface area contributed by atoms with Crippen LogP contribution in [0.3, 0.4) is 0 Å². The number of rotatable bonds is 8. The Kier molecular flexibility index (Phi) is 7.77. The van der Waals surface area contributed by atoms with E-state index in [1.165, 1.54) is 23.5 Å². The molecule has 0 aliphatic carbocycles. The molecule has 0 aliphatic heterocycles. The minimum absolute atomic E-state index is 0.130. The molecule has 0 radical (unpaired) electrons. The second-order valence-electron chi connectivity index (χ2n) is 8.91. The summed E-state index contributed by atoms with van der Waals surface area (Å²) in [5.74, 6) is -1.06. The number of hydrogen-bond donors (Lipinski definition) is 2. The fourth-order valence-corrected chi connectivity index (χ4v) is 5.44. The van der Waals surface area contributed by atoms with Crippen molar-refractivity contribution in [1.29, 1.82) is 0 Å². The summed E-state index contributed by atoms with van der Waals surface area (Å²) in [4.78, 5) is 29.8. The number of amides is 2. The number of nitrogens with one attached hydrogen (secondary N) is 2. The molecule has 1 unspecified atom stereocenters. The summed E-state index contributed by atoms with van der Waals surface area (Å²) in [6, 6.07) is 12.0. The molecule has 36 heavy (non-hydrogen) atoms. The first-order valence-electron chi connectivity index (χ1n) is 11.5. The van der Waals surface area contributed by atoms with Crippen LogP contribution in [0.2, 0.25) is 0 Å². The van der Waals surface area contributed by atoms with Crippen molar-refractivity contribution >= 4 is 50.5 Å². The average Bonchev–Trinajstić information content (AvgIpc) is 3.46. The summed E-state index contributed by atoms with van der Waals surface area (Å²) in [5.41, 5.74) is 3.10. The Morgan fingerprint density at radius 2 is 1.92 bits per heavy atom. The van der Waals surface area contributed by atoms with Gasteiger partial charge in [0.1, 0.15) is 11.1 Å². The summed E-state index contributed by atoms with van der Waals surface area (Å²) in [7, 11) is 0. The average molecular weight is 527 g/mol. The topological polar surface area (TPSA) is 99.1 Å². The van der Waals surface area contributed by atoms with Gasteiger partial charge in [0, 0.05) is 16.3 Å². The molecule has 1 atom stereocenters. The fraction of sp³-hybridized carbons (Fsp3) is 0.269. The smallest absolute Gasteiger partial charge is 0.254 e. The zero-order valence-corrected chi connectivity index (χ0v) is 22.0. The highest BCUT2D eigenvalue weighted by Gasteiger charge is 2.23. The zero-order valence-electron chi connectivity index (χ0n) is 20.4. The Hall–Kier alpha value is -3.21. The molecule has 0 saturated carbocycles. The third kappa shape index (κ3) is 5.61. The van der Waals surface area contributed by atoms with Crippen molar-refractivity contribution in [3.05, 3.63) is 71.0 Å². The van der Waals surface area contributed by atoms with Crippen LogP contribution >= 0.6 is 11.3 Å². The van der Waals surface area contributed by atoms with Crippen molar-refractivity contribution in [3.63, 3.8) is 0 Å². The number of aromatic nitrogens is 2. The molecule has 188 valence electrons. The van der Waals surface area contributed by atoms with Crippen molar-refractivity contribution in [1.82, 2.24) is 14.3 Å². The lowest BCUT2D eigenvalue weighted by molar-refractivity contribution is -0.115. The molecule has 2 N–H and O–H groups in total. The van der Waals surface area contributed by atoms with E-state index in [4.69, 9.17) is 0 Å². The summed E-state index contributed by atoms with van der Waals surface area (Å²) in [5, 5.41) is 7.92. The van der Waals surface area contributed by atoms with E-state index in [1.54, 1.807) is 27.7 Å². The summed E-state index contributed by atoms with van der Waals surface area (Å²) in [6.07, 6.45) is 1.56. The van der Waals surface area contributed by atoms with Crippen LogP contribution in [0.25, 0.3) is 22.2 Å². The van der Waals surface area contributed by atoms with Crippen molar-refractivity contribution in [2.75, 3.05) is 11.9 Å². The lowest BCUT2D eigenvalue weighted by atomic mass is 10.00. The highest BCUT2D eigenvalue weighted by molar-refractivity contribution is 7.90. The minimum atomic E-state index is -1.34. The number of para-hydroxylation sites is 1. The van der Waals surface area contributed by atoms with Gasteiger partial charge >= 0.3 is 0 Å². The fourth-order valence-electron chi connectivity index (χ4n) is 3.68. The van der Waals surface area contributed by atoms with Crippen LogP contribution in [0.4, 0.5) is 9.52 Å². The van der Waals surface area contributed by atoms with Crippen molar-refractivity contribution in [2.45, 2.75) is 38.9 Å². The van der Waals surface area contributed by atoms with Gasteiger partial charge in [-0.1, -0.05) is 32.0 Å². The second kappa shape index (κ2) is 10.8. The lowest BCUT2D eigenvalue weighted by Gasteiger charge is -2.14. The van der Waals surface area contributed by atoms with E-state index < -0.39 is 23.2 Å². The maximum Gasteiger partial charge on any atom is 0.254 e. The van der Waals surface area contributed by atoms with Gasteiger partial charge in [-0.3, -0.25) is 9.59 Å². The molecule has 2 amide bonds. The number of halogens is 1.